The van der Waals surface area contributed by atoms with Gasteiger partial charge in [-0.25, -0.2) is 4.98 Å². The summed E-state index contributed by atoms with van der Waals surface area (Å²) in [5.41, 5.74) is 1.06. The minimum absolute atomic E-state index is 0.566. The van der Waals surface area contributed by atoms with Gasteiger partial charge in [0.2, 0.25) is 5.95 Å². The molecular weight excluding hydrogens is 284 g/mol. The third kappa shape index (κ3) is 3.26. The SMILES string of the molecule is c1ccc2c(NC3CCCCC3)nc(N3CCCCC3)nc2c1. The van der Waals surface area contributed by atoms with Gasteiger partial charge in [0, 0.05) is 24.5 Å². The summed E-state index contributed by atoms with van der Waals surface area (Å²) in [5, 5.41) is 4.88. The van der Waals surface area contributed by atoms with Crippen LogP contribution in [0.3, 0.4) is 0 Å². The lowest BCUT2D eigenvalue weighted by molar-refractivity contribution is 0.462. The standard InChI is InChI=1S/C19H26N4/c1-3-9-15(10-4-1)20-18-16-11-5-6-12-17(16)21-19(22-18)23-13-7-2-8-14-23/h5-6,11-12,15H,1-4,7-10,13-14H2,(H,20,21,22). The summed E-state index contributed by atoms with van der Waals surface area (Å²) in [6.07, 6.45) is 10.4. The predicted molar refractivity (Wildman–Crippen MR) is 96.1 cm³/mol. The van der Waals surface area contributed by atoms with Crippen molar-refractivity contribution in [2.75, 3.05) is 23.3 Å². The molecule has 23 heavy (non-hydrogen) atoms. The summed E-state index contributed by atoms with van der Waals surface area (Å²) >= 11 is 0. The van der Waals surface area contributed by atoms with Crippen molar-refractivity contribution in [1.82, 2.24) is 9.97 Å². The molecule has 1 aromatic heterocycles. The van der Waals surface area contributed by atoms with Crippen LogP contribution in [0.1, 0.15) is 51.4 Å². The molecule has 1 saturated carbocycles. The maximum absolute atomic E-state index is 4.92. The van der Waals surface area contributed by atoms with Crippen LogP contribution in [-0.2, 0) is 0 Å². The van der Waals surface area contributed by atoms with Gasteiger partial charge < -0.3 is 10.2 Å². The zero-order valence-corrected chi connectivity index (χ0v) is 13.8. The molecule has 4 nitrogen and oxygen atoms in total. The molecule has 0 unspecified atom stereocenters. The number of hydrogen-bond donors (Lipinski definition) is 1. The molecule has 2 aromatic rings. The number of benzene rings is 1. The fourth-order valence-corrected chi connectivity index (χ4v) is 3.85. The zero-order valence-electron chi connectivity index (χ0n) is 13.8. The molecule has 1 aliphatic carbocycles. The summed E-state index contributed by atoms with van der Waals surface area (Å²) in [5.74, 6) is 1.93. The van der Waals surface area contributed by atoms with Crippen LogP contribution in [0.2, 0.25) is 0 Å². The van der Waals surface area contributed by atoms with Crippen molar-refractivity contribution in [2.24, 2.45) is 0 Å². The highest BCUT2D eigenvalue weighted by atomic mass is 15.3. The summed E-state index contributed by atoms with van der Waals surface area (Å²) in [6.45, 7) is 2.17. The molecule has 0 amide bonds. The normalized spacial score (nSPS) is 19.9. The maximum Gasteiger partial charge on any atom is 0.227 e. The highest BCUT2D eigenvalue weighted by Gasteiger charge is 2.19. The predicted octanol–water partition coefficient (Wildman–Crippen LogP) is 4.36. The molecule has 0 atom stereocenters. The van der Waals surface area contributed by atoms with Crippen molar-refractivity contribution < 1.29 is 0 Å². The molecule has 0 bridgehead atoms. The van der Waals surface area contributed by atoms with E-state index in [1.54, 1.807) is 0 Å². The molecule has 1 aromatic carbocycles. The number of nitrogens with one attached hydrogen (secondary N) is 1. The second kappa shape index (κ2) is 6.73. The van der Waals surface area contributed by atoms with E-state index in [1.165, 1.54) is 51.4 Å². The van der Waals surface area contributed by atoms with E-state index in [2.05, 4.69) is 34.5 Å². The van der Waals surface area contributed by atoms with E-state index in [9.17, 15) is 0 Å². The molecule has 2 heterocycles. The van der Waals surface area contributed by atoms with Crippen molar-refractivity contribution in [2.45, 2.75) is 57.4 Å². The number of piperidine rings is 1. The number of rotatable bonds is 3. The number of hydrogen-bond acceptors (Lipinski definition) is 4. The van der Waals surface area contributed by atoms with Crippen LogP contribution in [0.4, 0.5) is 11.8 Å². The highest BCUT2D eigenvalue weighted by Crippen LogP contribution is 2.28. The maximum atomic E-state index is 4.92. The minimum atomic E-state index is 0.566. The second-order valence-corrected chi connectivity index (χ2v) is 6.92. The highest BCUT2D eigenvalue weighted by molar-refractivity contribution is 5.90. The van der Waals surface area contributed by atoms with E-state index in [0.717, 1.165) is 35.8 Å². The van der Waals surface area contributed by atoms with E-state index in [0.29, 0.717) is 6.04 Å². The molecule has 1 saturated heterocycles. The van der Waals surface area contributed by atoms with Gasteiger partial charge in [-0.3, -0.25) is 0 Å². The first kappa shape index (κ1) is 14.7. The van der Waals surface area contributed by atoms with Crippen LogP contribution < -0.4 is 10.2 Å². The minimum Gasteiger partial charge on any atom is -0.367 e. The topological polar surface area (TPSA) is 41.1 Å². The third-order valence-corrected chi connectivity index (χ3v) is 5.18. The molecule has 2 aliphatic rings. The largest absolute Gasteiger partial charge is 0.367 e. The van der Waals surface area contributed by atoms with Crippen molar-refractivity contribution >= 4 is 22.7 Å². The lowest BCUT2D eigenvalue weighted by Gasteiger charge is -2.28. The monoisotopic (exact) mass is 310 g/mol. The number of nitrogens with zero attached hydrogens (tertiary/aromatic N) is 3. The van der Waals surface area contributed by atoms with E-state index in [4.69, 9.17) is 9.97 Å². The molecule has 122 valence electrons. The Morgan fingerprint density at radius 2 is 1.61 bits per heavy atom. The Kier molecular flexibility index (Phi) is 4.31. The fourth-order valence-electron chi connectivity index (χ4n) is 3.85. The van der Waals surface area contributed by atoms with Crippen LogP contribution in [0.5, 0.6) is 0 Å². The Bertz CT molecular complexity index is 657. The first-order chi connectivity index (χ1) is 11.4. The van der Waals surface area contributed by atoms with E-state index >= 15 is 0 Å². The summed E-state index contributed by atoms with van der Waals surface area (Å²) < 4.78 is 0. The fraction of sp³-hybridized carbons (Fsp3) is 0.579. The Labute approximate surface area is 138 Å². The Morgan fingerprint density at radius 1 is 0.870 bits per heavy atom. The van der Waals surface area contributed by atoms with Gasteiger partial charge in [0.05, 0.1) is 5.52 Å². The zero-order chi connectivity index (χ0) is 15.5. The van der Waals surface area contributed by atoms with Crippen molar-refractivity contribution in [3.05, 3.63) is 24.3 Å². The van der Waals surface area contributed by atoms with E-state index in [1.807, 2.05) is 0 Å². The van der Waals surface area contributed by atoms with Gasteiger partial charge in [-0.2, -0.15) is 4.98 Å². The van der Waals surface area contributed by atoms with Gasteiger partial charge in [0.1, 0.15) is 5.82 Å². The van der Waals surface area contributed by atoms with Crippen LogP contribution >= 0.6 is 0 Å². The molecule has 2 fully saturated rings. The third-order valence-electron chi connectivity index (χ3n) is 5.18. The van der Waals surface area contributed by atoms with Crippen LogP contribution in [0.25, 0.3) is 10.9 Å². The molecule has 1 N–H and O–H groups in total. The van der Waals surface area contributed by atoms with Crippen LogP contribution in [0.15, 0.2) is 24.3 Å². The first-order valence-corrected chi connectivity index (χ1v) is 9.18. The van der Waals surface area contributed by atoms with Gasteiger partial charge in [-0.1, -0.05) is 31.4 Å². The van der Waals surface area contributed by atoms with Crippen molar-refractivity contribution in [3.8, 4) is 0 Å². The smallest absolute Gasteiger partial charge is 0.227 e. The lowest BCUT2D eigenvalue weighted by atomic mass is 9.95. The number of anilines is 2. The van der Waals surface area contributed by atoms with Crippen molar-refractivity contribution in [1.29, 1.82) is 0 Å². The Balaban J connectivity index is 1.68. The molecule has 4 rings (SSSR count). The van der Waals surface area contributed by atoms with E-state index in [-0.39, 0.29) is 0 Å². The van der Waals surface area contributed by atoms with Crippen LogP contribution in [0, 0.1) is 0 Å². The quantitative estimate of drug-likeness (QED) is 0.914. The molecule has 1 aliphatic heterocycles. The van der Waals surface area contributed by atoms with Gasteiger partial charge >= 0.3 is 0 Å². The summed E-state index contributed by atoms with van der Waals surface area (Å²) in [6, 6.07) is 8.96. The first-order valence-electron chi connectivity index (χ1n) is 9.18. The molecule has 0 spiro atoms. The number of para-hydroxylation sites is 1. The molecule has 0 radical (unpaired) electrons. The van der Waals surface area contributed by atoms with Crippen molar-refractivity contribution in [3.63, 3.8) is 0 Å². The average molecular weight is 310 g/mol. The van der Waals surface area contributed by atoms with Gasteiger partial charge in [-0.05, 0) is 44.2 Å². The van der Waals surface area contributed by atoms with Gasteiger partial charge in [0.25, 0.3) is 0 Å². The van der Waals surface area contributed by atoms with E-state index < -0.39 is 0 Å². The summed E-state index contributed by atoms with van der Waals surface area (Å²) in [7, 11) is 0. The second-order valence-electron chi connectivity index (χ2n) is 6.92. The average Bonchev–Trinajstić information content (AvgIpc) is 2.63. The number of fused-ring (bicyclic) bond motifs is 1. The van der Waals surface area contributed by atoms with Gasteiger partial charge in [0.15, 0.2) is 0 Å². The lowest BCUT2D eigenvalue weighted by Crippen LogP contribution is -2.31. The van der Waals surface area contributed by atoms with Gasteiger partial charge in [-0.15, -0.1) is 0 Å². The Hall–Kier alpha value is -1.84. The van der Waals surface area contributed by atoms with Crippen LogP contribution in [-0.4, -0.2) is 29.1 Å². The molecule has 4 heteroatoms. The Morgan fingerprint density at radius 3 is 2.43 bits per heavy atom. The number of aromatic nitrogens is 2. The molecular formula is C19H26N4. The summed E-state index contributed by atoms with van der Waals surface area (Å²) in [4.78, 5) is 12.1.